The molecule has 0 saturated heterocycles. The van der Waals surface area contributed by atoms with Gasteiger partial charge in [0.25, 0.3) is 0 Å². The van der Waals surface area contributed by atoms with Gasteiger partial charge < -0.3 is 5.73 Å². The first-order chi connectivity index (χ1) is 6.02. The molecule has 0 unspecified atom stereocenters. The van der Waals surface area contributed by atoms with Crippen molar-refractivity contribution in [2.24, 2.45) is 5.73 Å². The van der Waals surface area contributed by atoms with E-state index < -0.39 is 6.03 Å². The molecule has 2 N–H and O–H groups in total. The van der Waals surface area contributed by atoms with Gasteiger partial charge in [-0.1, -0.05) is 13.8 Å². The van der Waals surface area contributed by atoms with E-state index in [1.807, 2.05) is 0 Å². The van der Waals surface area contributed by atoms with Gasteiger partial charge in [-0.3, -0.25) is 4.90 Å². The van der Waals surface area contributed by atoms with Crippen molar-refractivity contribution in [1.29, 1.82) is 0 Å². The number of primary amides is 1. The van der Waals surface area contributed by atoms with Crippen LogP contribution in [0.5, 0.6) is 0 Å². The average molecular weight is 199 g/mol. The molecule has 1 aromatic heterocycles. The molecule has 0 saturated carbocycles. The van der Waals surface area contributed by atoms with Gasteiger partial charge in [-0.25, -0.2) is 9.78 Å². The van der Waals surface area contributed by atoms with Crippen LogP contribution in [0.2, 0.25) is 0 Å². The van der Waals surface area contributed by atoms with Crippen LogP contribution in [-0.4, -0.2) is 18.1 Å². The number of hydrogen-bond donors (Lipinski definition) is 1. The molecule has 0 aliphatic rings. The lowest BCUT2D eigenvalue weighted by atomic mass is 10.2. The lowest BCUT2D eigenvalue weighted by Crippen LogP contribution is -2.31. The van der Waals surface area contributed by atoms with Gasteiger partial charge >= 0.3 is 6.03 Å². The smallest absolute Gasteiger partial charge is 0.320 e. The Morgan fingerprint density at radius 1 is 1.69 bits per heavy atom. The van der Waals surface area contributed by atoms with Gasteiger partial charge in [-0.2, -0.15) is 0 Å². The summed E-state index contributed by atoms with van der Waals surface area (Å²) in [4.78, 5) is 17.4. The molecule has 0 aliphatic carbocycles. The Kier molecular flexibility index (Phi) is 2.87. The molecule has 2 amide bonds. The Hall–Kier alpha value is -1.10. The molecule has 0 bridgehead atoms. The highest BCUT2D eigenvalue weighted by Crippen LogP contribution is 2.26. The first-order valence-corrected chi connectivity index (χ1v) is 4.83. The van der Waals surface area contributed by atoms with E-state index in [9.17, 15) is 4.79 Å². The van der Waals surface area contributed by atoms with E-state index in [1.165, 1.54) is 16.2 Å². The average Bonchev–Trinajstić information content (AvgIpc) is 2.50. The lowest BCUT2D eigenvalue weighted by molar-refractivity contribution is 0.255. The largest absolute Gasteiger partial charge is 0.351 e. The molecule has 1 heterocycles. The van der Waals surface area contributed by atoms with Gasteiger partial charge in [0.05, 0.1) is 0 Å². The zero-order valence-electron chi connectivity index (χ0n) is 7.94. The van der Waals surface area contributed by atoms with E-state index in [-0.39, 0.29) is 0 Å². The van der Waals surface area contributed by atoms with Crippen molar-refractivity contribution in [3.05, 3.63) is 11.1 Å². The summed E-state index contributed by atoms with van der Waals surface area (Å²) in [7, 11) is 1.62. The fourth-order valence-electron chi connectivity index (χ4n) is 0.793. The number of nitrogens with two attached hydrogens (primary N) is 1. The second-order valence-electron chi connectivity index (χ2n) is 3.10. The Bertz CT molecular complexity index is 308. The van der Waals surface area contributed by atoms with E-state index in [0.29, 0.717) is 11.0 Å². The predicted molar refractivity (Wildman–Crippen MR) is 54.2 cm³/mol. The summed E-state index contributed by atoms with van der Waals surface area (Å²) in [6.07, 6.45) is 1.78. The van der Waals surface area contributed by atoms with Crippen LogP contribution < -0.4 is 10.6 Å². The zero-order chi connectivity index (χ0) is 10.0. The van der Waals surface area contributed by atoms with Crippen LogP contribution in [0.3, 0.4) is 0 Å². The zero-order valence-corrected chi connectivity index (χ0v) is 8.76. The normalized spacial score (nSPS) is 10.5. The maximum atomic E-state index is 10.8. The van der Waals surface area contributed by atoms with E-state index in [4.69, 9.17) is 5.73 Å². The van der Waals surface area contributed by atoms with Crippen molar-refractivity contribution in [2.75, 3.05) is 11.9 Å². The molecular weight excluding hydrogens is 186 g/mol. The predicted octanol–water partition coefficient (Wildman–Crippen LogP) is 1.78. The molecule has 0 radical (unpaired) electrons. The van der Waals surface area contributed by atoms with E-state index in [1.54, 1.807) is 13.2 Å². The highest BCUT2D eigenvalue weighted by molar-refractivity contribution is 7.15. The second kappa shape index (κ2) is 3.74. The van der Waals surface area contributed by atoms with Crippen molar-refractivity contribution in [1.82, 2.24) is 4.98 Å². The molecule has 13 heavy (non-hydrogen) atoms. The van der Waals surface area contributed by atoms with Crippen molar-refractivity contribution >= 4 is 22.5 Å². The number of urea groups is 1. The monoisotopic (exact) mass is 199 g/mol. The highest BCUT2D eigenvalue weighted by atomic mass is 32.1. The van der Waals surface area contributed by atoms with Crippen molar-refractivity contribution in [2.45, 2.75) is 19.8 Å². The first-order valence-electron chi connectivity index (χ1n) is 4.01. The number of carbonyl (C=O) groups excluding carboxylic acids is 1. The number of nitrogens with zero attached hydrogens (tertiary/aromatic N) is 2. The summed E-state index contributed by atoms with van der Waals surface area (Å²) in [6.45, 7) is 4.17. The summed E-state index contributed by atoms with van der Waals surface area (Å²) in [5.41, 5.74) is 5.11. The van der Waals surface area contributed by atoms with Crippen LogP contribution in [0.4, 0.5) is 9.93 Å². The van der Waals surface area contributed by atoms with Gasteiger partial charge in [0, 0.05) is 18.1 Å². The number of rotatable bonds is 2. The molecule has 0 atom stereocenters. The fraction of sp³-hybridized carbons (Fsp3) is 0.500. The molecule has 1 rings (SSSR count). The molecule has 0 spiro atoms. The topological polar surface area (TPSA) is 59.2 Å². The number of carbonyl (C=O) groups is 1. The van der Waals surface area contributed by atoms with Gasteiger partial charge in [-0.05, 0) is 5.92 Å². The van der Waals surface area contributed by atoms with Crippen LogP contribution in [0, 0.1) is 0 Å². The summed E-state index contributed by atoms with van der Waals surface area (Å²) >= 11 is 1.49. The molecule has 1 aromatic rings. The maximum Gasteiger partial charge on any atom is 0.320 e. The number of thiazole rings is 1. The second-order valence-corrected chi connectivity index (χ2v) is 4.14. The molecular formula is C8H13N3OS. The van der Waals surface area contributed by atoms with Gasteiger partial charge in [0.15, 0.2) is 5.13 Å². The van der Waals surface area contributed by atoms with Crippen LogP contribution >= 0.6 is 11.3 Å². The third-order valence-electron chi connectivity index (χ3n) is 1.70. The fourth-order valence-corrected chi connectivity index (χ4v) is 1.68. The minimum atomic E-state index is -0.482. The summed E-state index contributed by atoms with van der Waals surface area (Å²) in [5, 5.41) is 0.649. The molecule has 5 heteroatoms. The summed E-state index contributed by atoms with van der Waals surface area (Å²) in [5.74, 6) is 0.438. The lowest BCUT2D eigenvalue weighted by Gasteiger charge is -2.08. The number of hydrogen-bond acceptors (Lipinski definition) is 3. The number of amides is 2. The van der Waals surface area contributed by atoms with Crippen LogP contribution in [-0.2, 0) is 0 Å². The van der Waals surface area contributed by atoms with Crippen LogP contribution in [0.25, 0.3) is 0 Å². The van der Waals surface area contributed by atoms with Gasteiger partial charge in [0.2, 0.25) is 0 Å². The number of aromatic nitrogens is 1. The molecule has 0 aromatic carbocycles. The van der Waals surface area contributed by atoms with Crippen molar-refractivity contribution in [3.8, 4) is 0 Å². The van der Waals surface area contributed by atoms with E-state index in [2.05, 4.69) is 18.8 Å². The summed E-state index contributed by atoms with van der Waals surface area (Å²) < 4.78 is 0. The Morgan fingerprint density at radius 3 is 2.69 bits per heavy atom. The third-order valence-corrected chi connectivity index (χ3v) is 3.07. The van der Waals surface area contributed by atoms with Crippen LogP contribution in [0.1, 0.15) is 24.6 Å². The molecule has 0 fully saturated rings. The molecule has 4 nitrogen and oxygen atoms in total. The summed E-state index contributed by atoms with van der Waals surface area (Å²) in [6, 6.07) is -0.482. The quantitative estimate of drug-likeness (QED) is 0.789. The molecule has 72 valence electrons. The van der Waals surface area contributed by atoms with E-state index >= 15 is 0 Å². The Labute approximate surface area is 81.4 Å². The van der Waals surface area contributed by atoms with Crippen molar-refractivity contribution < 1.29 is 4.79 Å². The molecule has 0 aliphatic heterocycles. The van der Waals surface area contributed by atoms with Gasteiger partial charge in [-0.15, -0.1) is 11.3 Å². The Balaban J connectivity index is 2.85. The minimum absolute atomic E-state index is 0.438. The first kappa shape index (κ1) is 9.98. The maximum absolute atomic E-state index is 10.8. The standard InChI is InChI=1S/C8H13N3OS/c1-5(2)6-4-10-8(13-6)11(3)7(9)12/h4-5H,1-3H3,(H2,9,12). The third kappa shape index (κ3) is 2.18. The number of anilines is 1. The van der Waals surface area contributed by atoms with Crippen molar-refractivity contribution in [3.63, 3.8) is 0 Å². The van der Waals surface area contributed by atoms with Gasteiger partial charge in [0.1, 0.15) is 0 Å². The van der Waals surface area contributed by atoms with Crippen LogP contribution in [0.15, 0.2) is 6.20 Å². The SMILES string of the molecule is CC(C)c1cnc(N(C)C(N)=O)s1. The minimum Gasteiger partial charge on any atom is -0.351 e. The highest BCUT2D eigenvalue weighted by Gasteiger charge is 2.12. The van der Waals surface area contributed by atoms with E-state index in [0.717, 1.165) is 4.88 Å². The Morgan fingerprint density at radius 2 is 2.31 bits per heavy atom.